The average Bonchev–Trinajstić information content (AvgIpc) is 2.85. The molecule has 3 heterocycles. The summed E-state index contributed by atoms with van der Waals surface area (Å²) in [6.07, 6.45) is 0.363. The van der Waals surface area contributed by atoms with Crippen molar-refractivity contribution in [2.75, 3.05) is 0 Å². The smallest absolute Gasteiger partial charge is 0.196 e. The summed E-state index contributed by atoms with van der Waals surface area (Å²) in [4.78, 5) is 23.1. The van der Waals surface area contributed by atoms with E-state index >= 15 is 0 Å². The fraction of sp³-hybridized carbons (Fsp3) is 0.0357. The molecule has 0 bridgehead atoms. The van der Waals surface area contributed by atoms with Gasteiger partial charge in [0.25, 0.3) is 0 Å². The van der Waals surface area contributed by atoms with Crippen LogP contribution in [0.1, 0.15) is 11.3 Å². The second-order valence-electron chi connectivity index (χ2n) is 7.80. The number of pyridine rings is 2. The molecule has 0 saturated carbocycles. The molecular weight excluding hydrogens is 396 g/mol. The molecule has 3 aromatic heterocycles. The molecule has 0 N–H and O–H groups in total. The van der Waals surface area contributed by atoms with Gasteiger partial charge in [0.15, 0.2) is 11.2 Å². The molecule has 0 amide bonds. The Morgan fingerprint density at radius 1 is 0.656 bits per heavy atom. The molecule has 0 unspecified atom stereocenters. The van der Waals surface area contributed by atoms with Crippen LogP contribution in [0.2, 0.25) is 0 Å². The van der Waals surface area contributed by atoms with Crippen molar-refractivity contribution >= 4 is 32.8 Å². The molecule has 0 fully saturated rings. The number of fused-ring (bicyclic) bond motifs is 3. The third-order valence-electron chi connectivity index (χ3n) is 5.74. The van der Waals surface area contributed by atoms with E-state index in [0.717, 1.165) is 27.5 Å². The highest BCUT2D eigenvalue weighted by atomic mass is 16.3. The van der Waals surface area contributed by atoms with Crippen molar-refractivity contribution in [3.63, 3.8) is 0 Å². The summed E-state index contributed by atoms with van der Waals surface area (Å²) >= 11 is 0. The molecule has 152 valence electrons. The number of hydrogen-bond donors (Lipinski definition) is 0. The van der Waals surface area contributed by atoms with Crippen LogP contribution in [0.5, 0.6) is 0 Å². The zero-order chi connectivity index (χ0) is 21.5. The van der Waals surface area contributed by atoms with Gasteiger partial charge < -0.3 is 4.42 Å². The quantitative estimate of drug-likeness (QED) is 0.349. The van der Waals surface area contributed by atoms with Crippen LogP contribution in [0.4, 0.5) is 0 Å². The molecule has 4 nitrogen and oxygen atoms in total. The maximum absolute atomic E-state index is 13.5. The molecule has 0 saturated heterocycles. The summed E-state index contributed by atoms with van der Waals surface area (Å²) in [6.45, 7) is 0. The average molecular weight is 414 g/mol. The Hall–Kier alpha value is -4.31. The number of benzene rings is 3. The third kappa shape index (κ3) is 3.13. The highest BCUT2D eigenvalue weighted by molar-refractivity contribution is 5.84. The van der Waals surface area contributed by atoms with E-state index in [9.17, 15) is 4.79 Å². The van der Waals surface area contributed by atoms with Crippen molar-refractivity contribution in [1.29, 1.82) is 0 Å². The summed E-state index contributed by atoms with van der Waals surface area (Å²) in [7, 11) is 0. The molecule has 0 spiro atoms. The molecule has 6 aromatic rings. The van der Waals surface area contributed by atoms with Gasteiger partial charge in [0.2, 0.25) is 0 Å². The Balaban J connectivity index is 1.57. The number of para-hydroxylation sites is 3. The molecule has 4 heteroatoms. The minimum atomic E-state index is -0.0493. The number of rotatable bonds is 3. The van der Waals surface area contributed by atoms with E-state index in [-0.39, 0.29) is 5.43 Å². The van der Waals surface area contributed by atoms with E-state index in [1.165, 1.54) is 0 Å². The summed E-state index contributed by atoms with van der Waals surface area (Å²) in [5, 5.41) is 2.67. The van der Waals surface area contributed by atoms with Gasteiger partial charge in [-0.15, -0.1) is 0 Å². The zero-order valence-corrected chi connectivity index (χ0v) is 17.2. The molecule has 32 heavy (non-hydrogen) atoms. The topological polar surface area (TPSA) is 56.0 Å². The molecule has 0 radical (unpaired) electrons. The SMILES string of the molecule is O=c1c(Cc2ccc3ccccc3n2)c(-c2ccc3ccccc3n2)oc2ccccc12. The van der Waals surface area contributed by atoms with Crippen LogP contribution < -0.4 is 5.43 Å². The maximum atomic E-state index is 13.5. The van der Waals surface area contributed by atoms with Gasteiger partial charge in [0.05, 0.1) is 22.0 Å². The largest absolute Gasteiger partial charge is 0.454 e. The van der Waals surface area contributed by atoms with Crippen LogP contribution >= 0.6 is 0 Å². The number of nitrogens with zero attached hydrogens (tertiary/aromatic N) is 2. The molecule has 0 aliphatic heterocycles. The summed E-state index contributed by atoms with van der Waals surface area (Å²) in [5.41, 5.74) is 4.28. The van der Waals surface area contributed by atoms with Crippen molar-refractivity contribution in [1.82, 2.24) is 9.97 Å². The number of aromatic nitrogens is 2. The fourth-order valence-electron chi connectivity index (χ4n) is 4.13. The zero-order valence-electron chi connectivity index (χ0n) is 17.2. The Labute approximate surface area is 183 Å². The molecule has 0 aliphatic rings. The Kier molecular flexibility index (Phi) is 4.29. The Bertz CT molecular complexity index is 1680. The fourth-order valence-corrected chi connectivity index (χ4v) is 4.13. The van der Waals surface area contributed by atoms with Crippen LogP contribution in [-0.2, 0) is 6.42 Å². The van der Waals surface area contributed by atoms with Crippen molar-refractivity contribution < 1.29 is 4.42 Å². The minimum Gasteiger partial charge on any atom is -0.454 e. The van der Waals surface area contributed by atoms with Crippen molar-refractivity contribution in [2.24, 2.45) is 0 Å². The van der Waals surface area contributed by atoms with Crippen LogP contribution in [0.3, 0.4) is 0 Å². The lowest BCUT2D eigenvalue weighted by atomic mass is 10.0. The second-order valence-corrected chi connectivity index (χ2v) is 7.80. The van der Waals surface area contributed by atoms with Crippen molar-refractivity contribution in [3.05, 3.63) is 119 Å². The summed E-state index contributed by atoms with van der Waals surface area (Å²) in [6, 6.07) is 31.1. The van der Waals surface area contributed by atoms with Crippen LogP contribution in [-0.4, -0.2) is 9.97 Å². The maximum Gasteiger partial charge on any atom is 0.196 e. The van der Waals surface area contributed by atoms with Crippen LogP contribution in [0.15, 0.2) is 106 Å². The molecule has 3 aromatic carbocycles. The van der Waals surface area contributed by atoms with Gasteiger partial charge in [-0.2, -0.15) is 0 Å². The monoisotopic (exact) mass is 414 g/mol. The summed E-state index contributed by atoms with van der Waals surface area (Å²) in [5.74, 6) is 0.495. The molecular formula is C28H18N2O2. The first-order valence-corrected chi connectivity index (χ1v) is 10.5. The second kappa shape index (κ2) is 7.43. The van der Waals surface area contributed by atoms with E-state index in [2.05, 4.69) is 0 Å². The van der Waals surface area contributed by atoms with Gasteiger partial charge in [-0.25, -0.2) is 4.98 Å². The van der Waals surface area contributed by atoms with E-state index in [4.69, 9.17) is 14.4 Å². The first-order valence-electron chi connectivity index (χ1n) is 10.5. The van der Waals surface area contributed by atoms with Gasteiger partial charge in [-0.3, -0.25) is 9.78 Å². The third-order valence-corrected chi connectivity index (χ3v) is 5.74. The van der Waals surface area contributed by atoms with Crippen LogP contribution in [0, 0.1) is 0 Å². The Morgan fingerprint density at radius 2 is 1.31 bits per heavy atom. The lowest BCUT2D eigenvalue weighted by Crippen LogP contribution is -2.13. The van der Waals surface area contributed by atoms with E-state index < -0.39 is 0 Å². The van der Waals surface area contributed by atoms with E-state index in [1.54, 1.807) is 6.07 Å². The predicted octanol–water partition coefficient (Wildman–Crippen LogP) is 6.15. The van der Waals surface area contributed by atoms with E-state index in [0.29, 0.717) is 34.4 Å². The lowest BCUT2D eigenvalue weighted by molar-refractivity contribution is 0.609. The highest BCUT2D eigenvalue weighted by Crippen LogP contribution is 2.28. The molecule has 0 aliphatic carbocycles. The van der Waals surface area contributed by atoms with Gasteiger partial charge in [0, 0.05) is 22.9 Å². The Morgan fingerprint density at radius 3 is 2.12 bits per heavy atom. The molecule has 0 atom stereocenters. The normalized spacial score (nSPS) is 11.4. The number of hydrogen-bond acceptors (Lipinski definition) is 4. The van der Waals surface area contributed by atoms with E-state index in [1.807, 2.05) is 91.0 Å². The van der Waals surface area contributed by atoms with Crippen molar-refractivity contribution in [3.8, 4) is 11.5 Å². The van der Waals surface area contributed by atoms with Crippen LogP contribution in [0.25, 0.3) is 44.2 Å². The summed E-state index contributed by atoms with van der Waals surface area (Å²) < 4.78 is 6.28. The van der Waals surface area contributed by atoms with Gasteiger partial charge >= 0.3 is 0 Å². The molecule has 6 rings (SSSR count). The first kappa shape index (κ1) is 18.5. The first-order chi connectivity index (χ1) is 15.8. The van der Waals surface area contributed by atoms with Gasteiger partial charge in [-0.1, -0.05) is 60.7 Å². The standard InChI is InChI=1S/C28H18N2O2/c31-27-21-9-3-6-12-26(21)32-28(25-16-14-19-8-2-5-11-24(19)30-25)22(27)17-20-15-13-18-7-1-4-10-23(18)29-20/h1-16H,17H2. The lowest BCUT2D eigenvalue weighted by Gasteiger charge is -2.11. The van der Waals surface area contributed by atoms with Crippen molar-refractivity contribution in [2.45, 2.75) is 6.42 Å². The van der Waals surface area contributed by atoms with Gasteiger partial charge in [-0.05, 0) is 36.4 Å². The minimum absolute atomic E-state index is 0.0493. The predicted molar refractivity (Wildman–Crippen MR) is 128 cm³/mol. The van der Waals surface area contributed by atoms with Gasteiger partial charge in [0.1, 0.15) is 11.3 Å². The highest BCUT2D eigenvalue weighted by Gasteiger charge is 2.18.